The zero-order chi connectivity index (χ0) is 25.2. The SMILES string of the molecule is Cc1cccc2c(=O)n(CCC(=O)Nc3cc(NC(=O)c4ccc5c(c4)OCO5)ccc3F)cnc12. The van der Waals surface area contributed by atoms with Gasteiger partial charge >= 0.3 is 0 Å². The van der Waals surface area contributed by atoms with Crippen molar-refractivity contribution in [1.29, 1.82) is 0 Å². The number of nitrogens with zero attached hydrogens (tertiary/aromatic N) is 2. The molecule has 0 aliphatic carbocycles. The average molecular weight is 488 g/mol. The molecule has 0 saturated carbocycles. The van der Waals surface area contributed by atoms with Crippen molar-refractivity contribution in [3.63, 3.8) is 0 Å². The van der Waals surface area contributed by atoms with Crippen LogP contribution in [0.2, 0.25) is 0 Å². The molecule has 182 valence electrons. The van der Waals surface area contributed by atoms with E-state index in [0.717, 1.165) is 11.6 Å². The van der Waals surface area contributed by atoms with Gasteiger partial charge in [0.05, 0.1) is 22.9 Å². The van der Waals surface area contributed by atoms with E-state index >= 15 is 0 Å². The molecular weight excluding hydrogens is 467 g/mol. The molecule has 3 aromatic carbocycles. The lowest BCUT2D eigenvalue weighted by atomic mass is 10.1. The van der Waals surface area contributed by atoms with E-state index < -0.39 is 17.6 Å². The number of benzene rings is 3. The molecule has 1 aromatic heterocycles. The fraction of sp³-hybridized carbons (Fsp3) is 0.154. The minimum atomic E-state index is -0.663. The second-order valence-electron chi connectivity index (χ2n) is 8.23. The first kappa shape index (κ1) is 23.0. The Kier molecular flexibility index (Phi) is 6.07. The maximum atomic E-state index is 14.4. The van der Waals surface area contributed by atoms with Crippen molar-refractivity contribution in [3.8, 4) is 11.5 Å². The summed E-state index contributed by atoms with van der Waals surface area (Å²) in [5.41, 5.74) is 1.78. The van der Waals surface area contributed by atoms with Gasteiger partial charge in [0.15, 0.2) is 11.5 Å². The van der Waals surface area contributed by atoms with Crippen LogP contribution in [-0.4, -0.2) is 28.2 Å². The number of ether oxygens (including phenoxy) is 2. The topological polar surface area (TPSA) is 112 Å². The summed E-state index contributed by atoms with van der Waals surface area (Å²) in [7, 11) is 0. The van der Waals surface area contributed by atoms with Crippen LogP contribution in [0.4, 0.5) is 15.8 Å². The fourth-order valence-corrected chi connectivity index (χ4v) is 3.87. The van der Waals surface area contributed by atoms with Gasteiger partial charge in [0, 0.05) is 24.2 Å². The van der Waals surface area contributed by atoms with Gasteiger partial charge in [0.25, 0.3) is 11.5 Å². The third-order valence-electron chi connectivity index (χ3n) is 5.77. The van der Waals surface area contributed by atoms with E-state index in [9.17, 15) is 18.8 Å². The Bertz CT molecular complexity index is 1570. The maximum absolute atomic E-state index is 14.4. The molecule has 36 heavy (non-hydrogen) atoms. The summed E-state index contributed by atoms with van der Waals surface area (Å²) in [6, 6.07) is 14.0. The number of amides is 2. The standard InChI is InChI=1S/C26H21FN4O5/c1-15-3-2-4-18-24(15)28-13-31(26(18)34)10-9-23(32)30-20-12-17(6-7-19(20)27)29-25(33)16-5-8-21-22(11-16)36-14-35-21/h2-8,11-13H,9-10,14H2,1H3,(H,29,33)(H,30,32). The van der Waals surface area contributed by atoms with Crippen LogP contribution in [0.5, 0.6) is 11.5 Å². The van der Waals surface area contributed by atoms with Gasteiger partial charge in [-0.2, -0.15) is 0 Å². The summed E-state index contributed by atoms with van der Waals surface area (Å²) in [5, 5.41) is 5.63. The summed E-state index contributed by atoms with van der Waals surface area (Å²) in [4.78, 5) is 42.1. The average Bonchev–Trinajstić information content (AvgIpc) is 3.34. The molecule has 0 atom stereocenters. The van der Waals surface area contributed by atoms with E-state index in [2.05, 4.69) is 15.6 Å². The lowest BCUT2D eigenvalue weighted by molar-refractivity contribution is -0.116. The van der Waals surface area contributed by atoms with Crippen LogP contribution in [0, 0.1) is 12.7 Å². The largest absolute Gasteiger partial charge is 0.454 e. The third kappa shape index (κ3) is 4.61. The molecule has 5 rings (SSSR count). The van der Waals surface area contributed by atoms with E-state index in [4.69, 9.17) is 9.47 Å². The molecule has 2 amide bonds. The normalized spacial score (nSPS) is 11.9. The van der Waals surface area contributed by atoms with Crippen LogP contribution in [0.15, 0.2) is 65.7 Å². The number of halogens is 1. The highest BCUT2D eigenvalue weighted by molar-refractivity contribution is 6.05. The smallest absolute Gasteiger partial charge is 0.261 e. The van der Waals surface area contributed by atoms with Crippen molar-refractivity contribution in [2.75, 3.05) is 17.4 Å². The molecule has 4 aromatic rings. The summed E-state index contributed by atoms with van der Waals surface area (Å²) in [5.74, 6) is -0.579. The van der Waals surface area contributed by atoms with E-state index in [1.807, 2.05) is 13.0 Å². The Balaban J connectivity index is 1.25. The van der Waals surface area contributed by atoms with Gasteiger partial charge in [-0.25, -0.2) is 9.37 Å². The van der Waals surface area contributed by atoms with Crippen molar-refractivity contribution in [3.05, 3.63) is 88.2 Å². The number of carbonyl (C=O) groups excluding carboxylic acids is 2. The predicted octanol–water partition coefficient (Wildman–Crippen LogP) is 3.85. The van der Waals surface area contributed by atoms with Crippen LogP contribution in [-0.2, 0) is 11.3 Å². The first-order chi connectivity index (χ1) is 17.4. The maximum Gasteiger partial charge on any atom is 0.261 e. The second-order valence-corrected chi connectivity index (χ2v) is 8.23. The Morgan fingerprint density at radius 1 is 1.06 bits per heavy atom. The number of aromatic nitrogens is 2. The van der Waals surface area contributed by atoms with Crippen LogP contribution in [0.3, 0.4) is 0 Å². The third-order valence-corrected chi connectivity index (χ3v) is 5.77. The lowest BCUT2D eigenvalue weighted by Crippen LogP contribution is -2.24. The highest BCUT2D eigenvalue weighted by atomic mass is 19.1. The van der Waals surface area contributed by atoms with Gasteiger partial charge in [-0.05, 0) is 55.0 Å². The number of carbonyl (C=O) groups is 2. The van der Waals surface area contributed by atoms with E-state index in [0.29, 0.717) is 33.7 Å². The van der Waals surface area contributed by atoms with Crippen LogP contribution >= 0.6 is 0 Å². The number of hydrogen-bond donors (Lipinski definition) is 2. The Morgan fingerprint density at radius 3 is 2.75 bits per heavy atom. The van der Waals surface area contributed by atoms with Gasteiger partial charge in [0.1, 0.15) is 5.82 Å². The fourth-order valence-electron chi connectivity index (χ4n) is 3.87. The number of rotatable bonds is 6. The molecule has 1 aliphatic heterocycles. The van der Waals surface area contributed by atoms with Gasteiger partial charge in [0.2, 0.25) is 12.7 Å². The minimum absolute atomic E-state index is 0.0731. The Labute approximate surface area is 204 Å². The molecule has 1 aliphatic rings. The van der Waals surface area contributed by atoms with E-state index in [1.165, 1.54) is 23.0 Å². The molecule has 2 heterocycles. The molecule has 9 nitrogen and oxygen atoms in total. The van der Waals surface area contributed by atoms with Gasteiger partial charge in [-0.15, -0.1) is 0 Å². The highest BCUT2D eigenvalue weighted by Gasteiger charge is 2.17. The van der Waals surface area contributed by atoms with Crippen LogP contribution < -0.4 is 25.7 Å². The van der Waals surface area contributed by atoms with Crippen molar-refractivity contribution in [2.24, 2.45) is 0 Å². The summed E-state index contributed by atoms with van der Waals surface area (Å²) < 4.78 is 26.2. The number of fused-ring (bicyclic) bond motifs is 2. The number of para-hydroxylation sites is 1. The Morgan fingerprint density at radius 2 is 1.89 bits per heavy atom. The van der Waals surface area contributed by atoms with E-state index in [1.54, 1.807) is 30.3 Å². The number of aryl methyl sites for hydroxylation is 2. The Hall–Kier alpha value is -4.73. The van der Waals surface area contributed by atoms with Crippen molar-refractivity contribution < 1.29 is 23.5 Å². The zero-order valence-electron chi connectivity index (χ0n) is 19.2. The van der Waals surface area contributed by atoms with Crippen molar-refractivity contribution >= 4 is 34.1 Å². The second kappa shape index (κ2) is 9.49. The molecule has 0 saturated heterocycles. The minimum Gasteiger partial charge on any atom is -0.454 e. The summed E-state index contributed by atoms with van der Waals surface area (Å²) in [6.45, 7) is 2.03. The van der Waals surface area contributed by atoms with Crippen molar-refractivity contribution in [2.45, 2.75) is 19.9 Å². The van der Waals surface area contributed by atoms with Gasteiger partial charge < -0.3 is 20.1 Å². The van der Waals surface area contributed by atoms with Crippen LogP contribution in [0.1, 0.15) is 22.3 Å². The molecule has 0 bridgehead atoms. The first-order valence-electron chi connectivity index (χ1n) is 11.1. The quantitative estimate of drug-likeness (QED) is 0.427. The zero-order valence-corrected chi connectivity index (χ0v) is 19.2. The first-order valence-corrected chi connectivity index (χ1v) is 11.1. The number of nitrogens with one attached hydrogen (secondary N) is 2. The lowest BCUT2D eigenvalue weighted by Gasteiger charge is -2.11. The molecule has 0 spiro atoms. The molecule has 2 N–H and O–H groups in total. The highest BCUT2D eigenvalue weighted by Crippen LogP contribution is 2.32. The van der Waals surface area contributed by atoms with E-state index in [-0.39, 0.29) is 31.0 Å². The van der Waals surface area contributed by atoms with Crippen molar-refractivity contribution in [1.82, 2.24) is 9.55 Å². The number of anilines is 2. The predicted molar refractivity (Wildman–Crippen MR) is 131 cm³/mol. The van der Waals surface area contributed by atoms with Crippen LogP contribution in [0.25, 0.3) is 10.9 Å². The molecule has 10 heteroatoms. The summed E-state index contributed by atoms with van der Waals surface area (Å²) >= 11 is 0. The molecular formula is C26H21FN4O5. The number of hydrogen-bond acceptors (Lipinski definition) is 6. The van der Waals surface area contributed by atoms with Gasteiger partial charge in [-0.1, -0.05) is 12.1 Å². The molecule has 0 unspecified atom stereocenters. The molecule has 0 fully saturated rings. The monoisotopic (exact) mass is 488 g/mol. The summed E-state index contributed by atoms with van der Waals surface area (Å²) in [6.07, 6.45) is 1.32. The molecule has 0 radical (unpaired) electrons. The van der Waals surface area contributed by atoms with Gasteiger partial charge in [-0.3, -0.25) is 19.0 Å².